The largest absolute Gasteiger partial charge is 0.508 e. The Labute approximate surface area is 119 Å². The molecular formula is C15H9N3O3. The number of rotatable bonds is 2. The summed E-state index contributed by atoms with van der Waals surface area (Å²) in [4.78, 5) is 11.1. The molecule has 0 aromatic heterocycles. The van der Waals surface area contributed by atoms with E-state index in [2.05, 4.69) is 0 Å². The first-order valence-corrected chi connectivity index (χ1v) is 5.78. The molecule has 0 saturated carbocycles. The summed E-state index contributed by atoms with van der Waals surface area (Å²) in [6.45, 7) is 0. The van der Waals surface area contributed by atoms with Gasteiger partial charge in [-0.3, -0.25) is 4.79 Å². The Kier molecular flexibility index (Phi) is 3.47. The topological polar surface area (TPSA) is 131 Å². The lowest BCUT2D eigenvalue weighted by Crippen LogP contribution is -2.10. The average Bonchev–Trinajstić information content (AvgIpc) is 2.45. The first kappa shape index (κ1) is 13.9. The molecule has 21 heavy (non-hydrogen) atoms. The number of phenols is 2. The summed E-state index contributed by atoms with van der Waals surface area (Å²) in [5, 5.41) is 37.5. The molecule has 0 aliphatic rings. The van der Waals surface area contributed by atoms with Gasteiger partial charge in [0.05, 0.1) is 28.8 Å². The summed E-state index contributed by atoms with van der Waals surface area (Å²) in [5.41, 5.74) is 5.83. The van der Waals surface area contributed by atoms with E-state index in [9.17, 15) is 15.0 Å². The van der Waals surface area contributed by atoms with E-state index in [1.807, 2.05) is 12.1 Å². The number of amides is 1. The van der Waals surface area contributed by atoms with Crippen LogP contribution in [0.5, 0.6) is 11.5 Å². The van der Waals surface area contributed by atoms with E-state index in [0.29, 0.717) is 5.56 Å². The van der Waals surface area contributed by atoms with Crippen molar-refractivity contribution in [1.82, 2.24) is 0 Å². The monoisotopic (exact) mass is 279 g/mol. The fourth-order valence-corrected chi connectivity index (χ4v) is 2.01. The van der Waals surface area contributed by atoms with Crippen molar-refractivity contribution < 1.29 is 15.0 Å². The van der Waals surface area contributed by atoms with Crippen LogP contribution in [-0.2, 0) is 0 Å². The molecule has 0 fully saturated rings. The second kappa shape index (κ2) is 5.24. The van der Waals surface area contributed by atoms with Gasteiger partial charge in [0.2, 0.25) is 0 Å². The van der Waals surface area contributed by atoms with E-state index < -0.39 is 5.91 Å². The maximum atomic E-state index is 11.1. The second-order valence-electron chi connectivity index (χ2n) is 4.24. The molecule has 2 aromatic rings. The molecular weight excluding hydrogens is 270 g/mol. The molecule has 0 atom stereocenters. The van der Waals surface area contributed by atoms with Gasteiger partial charge in [0.25, 0.3) is 5.91 Å². The van der Waals surface area contributed by atoms with Crippen LogP contribution in [0.2, 0.25) is 0 Å². The van der Waals surface area contributed by atoms with E-state index in [0.717, 1.165) is 0 Å². The van der Waals surface area contributed by atoms with E-state index >= 15 is 0 Å². The lowest BCUT2D eigenvalue weighted by molar-refractivity contribution is 0.0998. The number of carbonyl (C=O) groups is 1. The van der Waals surface area contributed by atoms with Gasteiger partial charge in [0.1, 0.15) is 11.5 Å². The summed E-state index contributed by atoms with van der Waals surface area (Å²) >= 11 is 0. The third-order valence-electron chi connectivity index (χ3n) is 2.92. The molecule has 0 aliphatic carbocycles. The van der Waals surface area contributed by atoms with Crippen molar-refractivity contribution in [2.24, 2.45) is 5.73 Å². The lowest BCUT2D eigenvalue weighted by atomic mass is 9.94. The van der Waals surface area contributed by atoms with Gasteiger partial charge in [-0.2, -0.15) is 10.5 Å². The second-order valence-corrected chi connectivity index (χ2v) is 4.24. The molecule has 0 radical (unpaired) electrons. The lowest BCUT2D eigenvalue weighted by Gasteiger charge is -2.09. The number of nitrogens with two attached hydrogens (primary N) is 1. The van der Waals surface area contributed by atoms with Crippen molar-refractivity contribution in [1.29, 1.82) is 10.5 Å². The zero-order valence-electron chi connectivity index (χ0n) is 10.7. The summed E-state index contributed by atoms with van der Waals surface area (Å²) in [6.07, 6.45) is 0. The number of benzene rings is 2. The Morgan fingerprint density at radius 3 is 2.05 bits per heavy atom. The highest BCUT2D eigenvalue weighted by Crippen LogP contribution is 2.33. The molecule has 1 amide bonds. The zero-order chi connectivity index (χ0) is 15.6. The highest BCUT2D eigenvalue weighted by Gasteiger charge is 2.15. The summed E-state index contributed by atoms with van der Waals surface area (Å²) < 4.78 is 0. The Balaban J connectivity index is 2.74. The van der Waals surface area contributed by atoms with Crippen LogP contribution in [0.25, 0.3) is 11.1 Å². The normalized spacial score (nSPS) is 9.62. The van der Waals surface area contributed by atoms with Crippen molar-refractivity contribution in [2.45, 2.75) is 0 Å². The molecule has 2 aromatic carbocycles. The van der Waals surface area contributed by atoms with Crippen molar-refractivity contribution in [2.75, 3.05) is 0 Å². The first-order valence-electron chi connectivity index (χ1n) is 5.78. The van der Waals surface area contributed by atoms with Crippen LogP contribution in [0.1, 0.15) is 21.5 Å². The molecule has 0 unspecified atom stereocenters. The number of carbonyl (C=O) groups excluding carboxylic acids is 1. The van der Waals surface area contributed by atoms with Crippen molar-refractivity contribution >= 4 is 5.91 Å². The fourth-order valence-electron chi connectivity index (χ4n) is 2.01. The quantitative estimate of drug-likeness (QED) is 0.768. The Morgan fingerprint density at radius 1 is 1.05 bits per heavy atom. The van der Waals surface area contributed by atoms with E-state index in [4.69, 9.17) is 16.3 Å². The molecule has 2 rings (SSSR count). The standard InChI is InChI=1S/C15H9N3O3/c16-6-9-3-11(19)4-10(7-17)14(9)8-1-2-12(15(18)21)13(20)5-8/h1-5,19-20H,(H2,18,21). The number of hydrogen-bond acceptors (Lipinski definition) is 5. The van der Waals surface area contributed by atoms with Crippen LogP contribution < -0.4 is 5.73 Å². The first-order chi connectivity index (χ1) is 9.97. The minimum absolute atomic E-state index is 0.0606. The summed E-state index contributed by atoms with van der Waals surface area (Å²) in [6, 6.07) is 10.2. The summed E-state index contributed by atoms with van der Waals surface area (Å²) in [7, 11) is 0. The molecule has 0 bridgehead atoms. The highest BCUT2D eigenvalue weighted by atomic mass is 16.3. The van der Waals surface area contributed by atoms with Gasteiger partial charge < -0.3 is 15.9 Å². The third-order valence-corrected chi connectivity index (χ3v) is 2.92. The zero-order valence-corrected chi connectivity index (χ0v) is 10.7. The van der Waals surface area contributed by atoms with Crippen molar-refractivity contribution in [3.05, 3.63) is 47.0 Å². The molecule has 0 aliphatic heterocycles. The van der Waals surface area contributed by atoms with Crippen LogP contribution in [0.4, 0.5) is 0 Å². The van der Waals surface area contributed by atoms with Crippen LogP contribution >= 0.6 is 0 Å². The SMILES string of the molecule is N#Cc1cc(O)cc(C#N)c1-c1ccc(C(N)=O)c(O)c1. The van der Waals surface area contributed by atoms with Crippen molar-refractivity contribution in [3.8, 4) is 34.8 Å². The summed E-state index contributed by atoms with van der Waals surface area (Å²) in [5.74, 6) is -1.34. The van der Waals surface area contributed by atoms with Crippen LogP contribution in [0.15, 0.2) is 30.3 Å². The molecule has 0 spiro atoms. The highest BCUT2D eigenvalue weighted by molar-refractivity contribution is 5.96. The van der Waals surface area contributed by atoms with Crippen LogP contribution in [0, 0.1) is 22.7 Å². The number of aromatic hydroxyl groups is 2. The third kappa shape index (κ3) is 2.46. The van der Waals surface area contributed by atoms with E-state index in [1.54, 1.807) is 0 Å². The number of nitrogens with zero attached hydrogens (tertiary/aromatic N) is 2. The molecule has 6 heteroatoms. The van der Waals surface area contributed by atoms with Crippen molar-refractivity contribution in [3.63, 3.8) is 0 Å². The number of phenolic OH excluding ortho intramolecular Hbond substituents is 1. The van der Waals surface area contributed by atoms with Gasteiger partial charge in [0, 0.05) is 5.56 Å². The minimum atomic E-state index is -0.786. The van der Waals surface area contributed by atoms with Gasteiger partial charge in [0.15, 0.2) is 0 Å². The minimum Gasteiger partial charge on any atom is -0.508 e. The fraction of sp³-hybridized carbons (Fsp3) is 0. The predicted molar refractivity (Wildman–Crippen MR) is 73.2 cm³/mol. The van der Waals surface area contributed by atoms with Crippen LogP contribution in [0.3, 0.4) is 0 Å². The van der Waals surface area contributed by atoms with Gasteiger partial charge in [-0.1, -0.05) is 6.07 Å². The Morgan fingerprint density at radius 2 is 1.62 bits per heavy atom. The molecule has 6 nitrogen and oxygen atoms in total. The van der Waals surface area contributed by atoms with Gasteiger partial charge in [-0.05, 0) is 29.8 Å². The molecule has 0 heterocycles. The Bertz CT molecular complexity index is 794. The van der Waals surface area contributed by atoms with E-state index in [1.165, 1.54) is 30.3 Å². The number of primary amides is 1. The molecule has 102 valence electrons. The Hall–Kier alpha value is -3.51. The van der Waals surface area contributed by atoms with Crippen LogP contribution in [-0.4, -0.2) is 16.1 Å². The molecule has 0 saturated heterocycles. The van der Waals surface area contributed by atoms with Gasteiger partial charge >= 0.3 is 0 Å². The smallest absolute Gasteiger partial charge is 0.252 e. The molecule has 4 N–H and O–H groups in total. The maximum absolute atomic E-state index is 11.1. The van der Waals surface area contributed by atoms with Gasteiger partial charge in [-0.15, -0.1) is 0 Å². The average molecular weight is 279 g/mol. The predicted octanol–water partition coefficient (Wildman–Crippen LogP) is 1.61. The number of hydrogen-bond donors (Lipinski definition) is 3. The number of nitriles is 2. The maximum Gasteiger partial charge on any atom is 0.252 e. The van der Waals surface area contributed by atoms with Gasteiger partial charge in [-0.25, -0.2) is 0 Å². The van der Waals surface area contributed by atoms with E-state index in [-0.39, 0.29) is 33.8 Å².